The Kier molecular flexibility index (Phi) is 7.13. The van der Waals surface area contributed by atoms with Gasteiger partial charge in [0.2, 0.25) is 11.0 Å². The van der Waals surface area contributed by atoms with Gasteiger partial charge in [-0.15, -0.1) is 10.2 Å². The quantitative estimate of drug-likeness (QED) is 0.592. The Morgan fingerprint density at radius 2 is 1.73 bits per heavy atom. The average molecular weight is 425 g/mol. The van der Waals surface area contributed by atoms with E-state index in [9.17, 15) is 9.59 Å². The van der Waals surface area contributed by atoms with Crippen LogP contribution < -0.4 is 10.6 Å². The third-order valence-electron chi connectivity index (χ3n) is 4.56. The van der Waals surface area contributed by atoms with Crippen LogP contribution in [0.2, 0.25) is 0 Å². The number of ether oxygens (including phenoxy) is 1. The fraction of sp³-hybridized carbons (Fsp3) is 0.273. The minimum Gasteiger partial charge on any atom is -0.453 e. The van der Waals surface area contributed by atoms with E-state index in [-0.39, 0.29) is 5.91 Å². The van der Waals surface area contributed by atoms with Crippen LogP contribution in [0.1, 0.15) is 30.9 Å². The molecule has 0 saturated heterocycles. The molecule has 30 heavy (non-hydrogen) atoms. The highest BCUT2D eigenvalue weighted by Gasteiger charge is 2.23. The molecule has 0 fully saturated rings. The summed E-state index contributed by atoms with van der Waals surface area (Å²) in [5, 5.41) is 14.6. The molecule has 7 nitrogen and oxygen atoms in total. The summed E-state index contributed by atoms with van der Waals surface area (Å²) < 4.78 is 4.65. The second-order valence-corrected chi connectivity index (χ2v) is 8.03. The smallest absolute Gasteiger partial charge is 0.407 e. The predicted octanol–water partition coefficient (Wildman–Crippen LogP) is 4.23. The molecule has 1 atom stereocenters. The molecule has 0 aliphatic rings. The number of nitrogens with one attached hydrogen (secondary N) is 2. The SMILES string of the molecule is COC(=O)NC(Cc1ccccc1)C(=O)Nc1nnc(-c2ccc(C(C)C)cc2)s1. The summed E-state index contributed by atoms with van der Waals surface area (Å²) in [6, 6.07) is 16.8. The number of anilines is 1. The highest BCUT2D eigenvalue weighted by molar-refractivity contribution is 7.18. The Morgan fingerprint density at radius 3 is 2.37 bits per heavy atom. The molecule has 8 heteroatoms. The van der Waals surface area contributed by atoms with Crippen molar-refractivity contribution in [1.82, 2.24) is 15.5 Å². The molecular formula is C22H24N4O3S. The van der Waals surface area contributed by atoms with Gasteiger partial charge in [0.1, 0.15) is 11.0 Å². The molecule has 1 heterocycles. The first-order valence-corrected chi connectivity index (χ1v) is 10.4. The van der Waals surface area contributed by atoms with Crippen LogP contribution in [0.15, 0.2) is 54.6 Å². The zero-order valence-corrected chi connectivity index (χ0v) is 17.9. The van der Waals surface area contributed by atoms with E-state index in [2.05, 4.69) is 51.5 Å². The van der Waals surface area contributed by atoms with E-state index in [0.29, 0.717) is 22.5 Å². The first-order valence-electron chi connectivity index (χ1n) is 9.59. The van der Waals surface area contributed by atoms with Gasteiger partial charge < -0.3 is 10.1 Å². The zero-order valence-electron chi connectivity index (χ0n) is 17.1. The summed E-state index contributed by atoms with van der Waals surface area (Å²) >= 11 is 1.28. The molecule has 2 aromatic carbocycles. The van der Waals surface area contributed by atoms with Gasteiger partial charge in [-0.25, -0.2) is 4.79 Å². The van der Waals surface area contributed by atoms with Crippen molar-refractivity contribution in [3.05, 3.63) is 65.7 Å². The predicted molar refractivity (Wildman–Crippen MR) is 118 cm³/mol. The van der Waals surface area contributed by atoms with Crippen LogP contribution in [-0.2, 0) is 16.0 Å². The molecule has 0 bridgehead atoms. The van der Waals surface area contributed by atoms with Crippen LogP contribution >= 0.6 is 11.3 Å². The Bertz CT molecular complexity index is 987. The van der Waals surface area contributed by atoms with Crippen LogP contribution in [0.4, 0.5) is 9.93 Å². The maximum Gasteiger partial charge on any atom is 0.407 e. The Balaban J connectivity index is 1.71. The van der Waals surface area contributed by atoms with Crippen LogP contribution in [-0.4, -0.2) is 35.3 Å². The molecule has 0 aliphatic carbocycles. The zero-order chi connectivity index (χ0) is 21.5. The van der Waals surface area contributed by atoms with Gasteiger partial charge in [-0.1, -0.05) is 79.8 Å². The summed E-state index contributed by atoms with van der Waals surface area (Å²) in [6.45, 7) is 4.28. The molecule has 2 N–H and O–H groups in total. The molecule has 0 saturated carbocycles. The van der Waals surface area contributed by atoms with Crippen LogP contribution in [0.25, 0.3) is 10.6 Å². The lowest BCUT2D eigenvalue weighted by Crippen LogP contribution is -2.45. The summed E-state index contributed by atoms with van der Waals surface area (Å²) in [7, 11) is 1.26. The minimum absolute atomic E-state index is 0.324. The van der Waals surface area contributed by atoms with Gasteiger partial charge in [0.05, 0.1) is 7.11 Å². The third-order valence-corrected chi connectivity index (χ3v) is 5.44. The van der Waals surface area contributed by atoms with Crippen molar-refractivity contribution in [2.45, 2.75) is 32.2 Å². The molecular weight excluding hydrogens is 400 g/mol. The number of rotatable bonds is 7. The Hall–Kier alpha value is -3.26. The number of methoxy groups -OCH3 is 1. The maximum absolute atomic E-state index is 12.8. The molecule has 3 rings (SSSR count). The Labute approximate surface area is 179 Å². The second-order valence-electron chi connectivity index (χ2n) is 7.06. The van der Waals surface area contributed by atoms with Crippen molar-refractivity contribution in [2.24, 2.45) is 0 Å². The van der Waals surface area contributed by atoms with Gasteiger partial charge in [0, 0.05) is 12.0 Å². The molecule has 0 aliphatic heterocycles. The molecule has 156 valence electrons. The molecule has 3 aromatic rings. The third kappa shape index (κ3) is 5.64. The number of aromatic nitrogens is 2. The van der Waals surface area contributed by atoms with Crippen molar-refractivity contribution < 1.29 is 14.3 Å². The van der Waals surface area contributed by atoms with E-state index >= 15 is 0 Å². The average Bonchev–Trinajstić information content (AvgIpc) is 3.22. The van der Waals surface area contributed by atoms with E-state index in [0.717, 1.165) is 11.1 Å². The maximum atomic E-state index is 12.8. The van der Waals surface area contributed by atoms with Gasteiger partial charge in [-0.3, -0.25) is 10.1 Å². The summed E-state index contributed by atoms with van der Waals surface area (Å²) in [6.07, 6.45) is -0.348. The van der Waals surface area contributed by atoms with Gasteiger partial charge >= 0.3 is 6.09 Å². The Morgan fingerprint density at radius 1 is 1.03 bits per heavy atom. The van der Waals surface area contributed by atoms with E-state index in [4.69, 9.17) is 0 Å². The summed E-state index contributed by atoms with van der Waals surface area (Å²) in [5.74, 6) is 0.0642. The lowest BCUT2D eigenvalue weighted by molar-refractivity contribution is -0.118. The summed E-state index contributed by atoms with van der Waals surface area (Å²) in [5.41, 5.74) is 3.09. The number of carbonyl (C=O) groups excluding carboxylic acids is 2. The normalized spacial score (nSPS) is 11.7. The van der Waals surface area contributed by atoms with Gasteiger partial charge in [0.15, 0.2) is 0 Å². The van der Waals surface area contributed by atoms with Crippen LogP contribution in [0.5, 0.6) is 0 Å². The molecule has 1 aromatic heterocycles. The standard InChI is InChI=1S/C22H24N4O3S/c1-14(2)16-9-11-17(12-10-16)20-25-26-21(30-20)24-19(27)18(23-22(28)29-3)13-15-7-5-4-6-8-15/h4-12,14,18H,13H2,1-3H3,(H,23,28)(H,24,26,27). The largest absolute Gasteiger partial charge is 0.453 e. The fourth-order valence-electron chi connectivity index (χ4n) is 2.85. The van der Waals surface area contributed by atoms with Gasteiger partial charge in [-0.2, -0.15) is 0 Å². The highest BCUT2D eigenvalue weighted by atomic mass is 32.1. The first kappa shape index (κ1) is 21.4. The number of alkyl carbamates (subject to hydrolysis) is 1. The van der Waals surface area contributed by atoms with Crippen molar-refractivity contribution in [3.8, 4) is 10.6 Å². The van der Waals surface area contributed by atoms with Crippen molar-refractivity contribution in [2.75, 3.05) is 12.4 Å². The molecule has 0 radical (unpaired) electrons. The van der Waals surface area contributed by atoms with E-state index in [1.54, 1.807) is 0 Å². The lowest BCUT2D eigenvalue weighted by atomic mass is 10.0. The van der Waals surface area contributed by atoms with Gasteiger partial charge in [0.25, 0.3) is 0 Å². The highest BCUT2D eigenvalue weighted by Crippen LogP contribution is 2.27. The number of nitrogens with zero attached hydrogens (tertiary/aromatic N) is 2. The molecule has 0 spiro atoms. The topological polar surface area (TPSA) is 93.2 Å². The molecule has 2 amide bonds. The van der Waals surface area contributed by atoms with Gasteiger partial charge in [-0.05, 0) is 17.0 Å². The number of amides is 2. The van der Waals surface area contributed by atoms with E-state index < -0.39 is 12.1 Å². The fourth-order valence-corrected chi connectivity index (χ4v) is 3.61. The van der Waals surface area contributed by atoms with Crippen molar-refractivity contribution >= 4 is 28.5 Å². The minimum atomic E-state index is -0.808. The summed E-state index contributed by atoms with van der Waals surface area (Å²) in [4.78, 5) is 24.5. The first-order chi connectivity index (χ1) is 14.5. The monoisotopic (exact) mass is 424 g/mol. The van der Waals surface area contributed by atoms with E-state index in [1.807, 2.05) is 42.5 Å². The van der Waals surface area contributed by atoms with E-state index in [1.165, 1.54) is 24.0 Å². The van der Waals surface area contributed by atoms with Crippen LogP contribution in [0, 0.1) is 0 Å². The lowest BCUT2D eigenvalue weighted by Gasteiger charge is -2.16. The second kappa shape index (κ2) is 9.98. The number of benzene rings is 2. The van der Waals surface area contributed by atoms with Crippen LogP contribution in [0.3, 0.4) is 0 Å². The number of hydrogen-bond acceptors (Lipinski definition) is 6. The molecule has 1 unspecified atom stereocenters. The van der Waals surface area contributed by atoms with Crippen molar-refractivity contribution in [1.29, 1.82) is 0 Å². The van der Waals surface area contributed by atoms with Crippen molar-refractivity contribution in [3.63, 3.8) is 0 Å². The number of hydrogen-bond donors (Lipinski definition) is 2. The number of carbonyl (C=O) groups is 2.